The lowest BCUT2D eigenvalue weighted by molar-refractivity contribution is 0.551. The molecule has 1 N–H and O–H groups in total. The van der Waals surface area contributed by atoms with Gasteiger partial charge in [0.05, 0.1) is 0 Å². The molecule has 1 aromatic heterocycles. The minimum absolute atomic E-state index is 0.421. The summed E-state index contributed by atoms with van der Waals surface area (Å²) in [6.45, 7) is 17.5. The number of nitrogens with zero attached hydrogens (tertiary/aromatic N) is 2. The molecule has 0 saturated heterocycles. The van der Waals surface area contributed by atoms with E-state index in [1.807, 2.05) is 6.08 Å². The van der Waals surface area contributed by atoms with Crippen molar-refractivity contribution < 1.29 is 0 Å². The monoisotopic (exact) mass is 275 g/mol. The molecule has 0 unspecified atom stereocenters. The van der Waals surface area contributed by atoms with Crippen LogP contribution in [0.5, 0.6) is 0 Å². The lowest BCUT2D eigenvalue weighted by Crippen LogP contribution is -2.31. The standard InChI is InChI=1S/C17H29N3/c1-7-10-20(14(4)5)17-9-8-16(15(6)19-17)12-18-11-13(2)3/h7-9,13-14,18H,1,10-12H2,2-6H3. The van der Waals surface area contributed by atoms with Crippen LogP contribution in [0.25, 0.3) is 0 Å². The number of rotatable bonds is 8. The van der Waals surface area contributed by atoms with Crippen molar-refractivity contribution in [3.63, 3.8) is 0 Å². The van der Waals surface area contributed by atoms with Crippen LogP contribution in [-0.4, -0.2) is 24.1 Å². The summed E-state index contributed by atoms with van der Waals surface area (Å²) in [6, 6.07) is 4.72. The fourth-order valence-corrected chi connectivity index (χ4v) is 2.13. The van der Waals surface area contributed by atoms with E-state index in [0.717, 1.165) is 31.1 Å². The van der Waals surface area contributed by atoms with Crippen LogP contribution in [0, 0.1) is 12.8 Å². The molecule has 20 heavy (non-hydrogen) atoms. The zero-order valence-corrected chi connectivity index (χ0v) is 13.6. The SMILES string of the molecule is C=CCN(c1ccc(CNCC(C)C)c(C)n1)C(C)C. The Morgan fingerprint density at radius 3 is 2.50 bits per heavy atom. The first-order valence-electron chi connectivity index (χ1n) is 7.50. The molecule has 0 aliphatic heterocycles. The van der Waals surface area contributed by atoms with E-state index in [4.69, 9.17) is 4.98 Å². The van der Waals surface area contributed by atoms with E-state index < -0.39 is 0 Å². The first kappa shape index (κ1) is 16.7. The molecule has 0 aromatic carbocycles. The normalized spacial score (nSPS) is 11.2. The van der Waals surface area contributed by atoms with Crippen molar-refractivity contribution in [2.45, 2.75) is 47.2 Å². The largest absolute Gasteiger partial charge is 0.350 e. The Balaban J connectivity index is 2.78. The number of hydrogen-bond acceptors (Lipinski definition) is 3. The number of pyridine rings is 1. The summed E-state index contributed by atoms with van der Waals surface area (Å²) < 4.78 is 0. The van der Waals surface area contributed by atoms with E-state index in [0.29, 0.717) is 12.0 Å². The topological polar surface area (TPSA) is 28.2 Å². The van der Waals surface area contributed by atoms with Gasteiger partial charge < -0.3 is 10.2 Å². The van der Waals surface area contributed by atoms with Gasteiger partial charge in [0.2, 0.25) is 0 Å². The highest BCUT2D eigenvalue weighted by Crippen LogP contribution is 2.17. The van der Waals surface area contributed by atoms with E-state index >= 15 is 0 Å². The fourth-order valence-electron chi connectivity index (χ4n) is 2.13. The molecule has 3 heteroatoms. The lowest BCUT2D eigenvalue weighted by Gasteiger charge is -2.27. The summed E-state index contributed by atoms with van der Waals surface area (Å²) >= 11 is 0. The van der Waals surface area contributed by atoms with Gasteiger partial charge in [-0.3, -0.25) is 0 Å². The molecule has 3 nitrogen and oxygen atoms in total. The summed E-state index contributed by atoms with van der Waals surface area (Å²) in [6.07, 6.45) is 1.93. The van der Waals surface area contributed by atoms with Crippen LogP contribution >= 0.6 is 0 Å². The second-order valence-corrected chi connectivity index (χ2v) is 5.97. The van der Waals surface area contributed by atoms with Crippen LogP contribution in [0.4, 0.5) is 5.82 Å². The predicted molar refractivity (Wildman–Crippen MR) is 88.2 cm³/mol. The molecular weight excluding hydrogens is 246 g/mol. The zero-order chi connectivity index (χ0) is 15.1. The van der Waals surface area contributed by atoms with Gasteiger partial charge in [0.15, 0.2) is 0 Å². The van der Waals surface area contributed by atoms with Crippen molar-refractivity contribution in [1.29, 1.82) is 0 Å². The van der Waals surface area contributed by atoms with Crippen molar-refractivity contribution >= 4 is 5.82 Å². The van der Waals surface area contributed by atoms with Gasteiger partial charge >= 0.3 is 0 Å². The third-order valence-corrected chi connectivity index (χ3v) is 3.29. The molecule has 1 heterocycles. The average Bonchev–Trinajstić information content (AvgIpc) is 2.37. The van der Waals surface area contributed by atoms with Crippen molar-refractivity contribution in [2.24, 2.45) is 5.92 Å². The Hall–Kier alpha value is -1.35. The van der Waals surface area contributed by atoms with E-state index in [9.17, 15) is 0 Å². The molecule has 0 bridgehead atoms. The number of aromatic nitrogens is 1. The number of nitrogens with one attached hydrogen (secondary N) is 1. The summed E-state index contributed by atoms with van der Waals surface area (Å²) in [4.78, 5) is 7.00. The highest BCUT2D eigenvalue weighted by molar-refractivity contribution is 5.43. The Morgan fingerprint density at radius 1 is 1.30 bits per heavy atom. The van der Waals surface area contributed by atoms with Crippen molar-refractivity contribution in [1.82, 2.24) is 10.3 Å². The van der Waals surface area contributed by atoms with Gasteiger partial charge in [-0.25, -0.2) is 4.98 Å². The predicted octanol–water partition coefficient (Wildman–Crippen LogP) is 3.54. The van der Waals surface area contributed by atoms with Crippen LogP contribution in [-0.2, 0) is 6.54 Å². The van der Waals surface area contributed by atoms with Crippen molar-refractivity contribution in [2.75, 3.05) is 18.0 Å². The summed E-state index contributed by atoms with van der Waals surface area (Å²) in [5.41, 5.74) is 2.38. The zero-order valence-electron chi connectivity index (χ0n) is 13.6. The highest BCUT2D eigenvalue weighted by atomic mass is 15.2. The van der Waals surface area contributed by atoms with Crippen LogP contribution < -0.4 is 10.2 Å². The Labute approximate surface area is 124 Å². The minimum Gasteiger partial charge on any atom is -0.350 e. The van der Waals surface area contributed by atoms with E-state index in [1.54, 1.807) is 0 Å². The fraction of sp³-hybridized carbons (Fsp3) is 0.588. The highest BCUT2D eigenvalue weighted by Gasteiger charge is 2.11. The molecule has 0 atom stereocenters. The second kappa shape index (κ2) is 8.05. The number of hydrogen-bond donors (Lipinski definition) is 1. The number of aryl methyl sites for hydroxylation is 1. The Kier molecular flexibility index (Phi) is 6.73. The molecule has 0 aliphatic rings. The van der Waals surface area contributed by atoms with Gasteiger partial charge in [0.1, 0.15) is 5.82 Å². The molecular formula is C17H29N3. The smallest absolute Gasteiger partial charge is 0.129 e. The third kappa shape index (κ3) is 4.97. The maximum Gasteiger partial charge on any atom is 0.129 e. The quantitative estimate of drug-likeness (QED) is 0.736. The summed E-state index contributed by atoms with van der Waals surface area (Å²) in [5, 5.41) is 3.47. The first-order valence-corrected chi connectivity index (χ1v) is 7.50. The molecule has 0 amide bonds. The minimum atomic E-state index is 0.421. The van der Waals surface area contributed by atoms with Crippen LogP contribution in [0.15, 0.2) is 24.8 Å². The van der Waals surface area contributed by atoms with Gasteiger partial charge in [0, 0.05) is 24.8 Å². The van der Waals surface area contributed by atoms with Gasteiger partial charge in [-0.2, -0.15) is 0 Å². The molecule has 1 aromatic rings. The van der Waals surface area contributed by atoms with Gasteiger partial charge in [0.25, 0.3) is 0 Å². The molecule has 1 rings (SSSR count). The molecule has 0 aliphatic carbocycles. The molecule has 0 fully saturated rings. The van der Waals surface area contributed by atoms with Crippen LogP contribution in [0.2, 0.25) is 0 Å². The number of anilines is 1. The van der Waals surface area contributed by atoms with Gasteiger partial charge in [-0.15, -0.1) is 6.58 Å². The maximum absolute atomic E-state index is 4.75. The summed E-state index contributed by atoms with van der Waals surface area (Å²) in [5.74, 6) is 1.71. The second-order valence-electron chi connectivity index (χ2n) is 5.97. The van der Waals surface area contributed by atoms with E-state index in [1.165, 1.54) is 5.56 Å². The molecule has 112 valence electrons. The molecule has 0 saturated carbocycles. The van der Waals surface area contributed by atoms with Crippen molar-refractivity contribution in [3.8, 4) is 0 Å². The van der Waals surface area contributed by atoms with Gasteiger partial charge in [-0.1, -0.05) is 26.0 Å². The van der Waals surface area contributed by atoms with Crippen molar-refractivity contribution in [3.05, 3.63) is 36.0 Å². The Bertz CT molecular complexity index is 424. The third-order valence-electron chi connectivity index (χ3n) is 3.29. The van der Waals surface area contributed by atoms with E-state index in [2.05, 4.69) is 63.5 Å². The average molecular weight is 275 g/mol. The maximum atomic E-state index is 4.75. The Morgan fingerprint density at radius 2 is 2.00 bits per heavy atom. The van der Waals surface area contributed by atoms with Crippen LogP contribution in [0.3, 0.4) is 0 Å². The first-order chi connectivity index (χ1) is 9.45. The lowest BCUT2D eigenvalue weighted by atomic mass is 10.1. The van der Waals surface area contributed by atoms with E-state index in [-0.39, 0.29) is 0 Å². The summed E-state index contributed by atoms with van der Waals surface area (Å²) in [7, 11) is 0. The molecule has 0 radical (unpaired) electrons. The van der Waals surface area contributed by atoms with Gasteiger partial charge in [-0.05, 0) is 44.9 Å². The molecule has 0 spiro atoms. The van der Waals surface area contributed by atoms with Crippen LogP contribution in [0.1, 0.15) is 39.0 Å².